The van der Waals surface area contributed by atoms with Gasteiger partial charge in [0.15, 0.2) is 11.5 Å². The Balaban J connectivity index is 1.97. The maximum atomic E-state index is 13.8. The minimum absolute atomic E-state index is 0.133. The summed E-state index contributed by atoms with van der Waals surface area (Å²) >= 11 is 5.84. The van der Waals surface area contributed by atoms with Gasteiger partial charge in [-0.1, -0.05) is 17.7 Å². The molecule has 1 heterocycles. The molecule has 1 aliphatic rings. The smallest absolute Gasteiger partial charge is 0.161 e. The summed E-state index contributed by atoms with van der Waals surface area (Å²) in [6, 6.07) is 9.13. The lowest BCUT2D eigenvalue weighted by Gasteiger charge is -2.20. The van der Waals surface area contributed by atoms with Gasteiger partial charge < -0.3 is 14.6 Å². The third-order valence-corrected chi connectivity index (χ3v) is 3.37. The van der Waals surface area contributed by atoms with Crippen LogP contribution < -0.4 is 9.47 Å². The first-order chi connectivity index (χ1) is 9.65. The lowest BCUT2D eigenvalue weighted by molar-refractivity contribution is 0.169. The molecule has 3 rings (SSSR count). The predicted molar refractivity (Wildman–Crippen MR) is 72.9 cm³/mol. The normalized spacial score (nSPS) is 14.9. The van der Waals surface area contributed by atoms with Crippen molar-refractivity contribution in [2.24, 2.45) is 0 Å². The van der Waals surface area contributed by atoms with E-state index in [1.54, 1.807) is 18.2 Å². The Bertz CT molecular complexity index is 645. The summed E-state index contributed by atoms with van der Waals surface area (Å²) in [4.78, 5) is 0. The second kappa shape index (κ2) is 5.31. The first-order valence-electron chi connectivity index (χ1n) is 6.18. The van der Waals surface area contributed by atoms with Crippen LogP contribution in [-0.4, -0.2) is 18.3 Å². The van der Waals surface area contributed by atoms with Crippen LogP contribution in [0, 0.1) is 5.82 Å². The van der Waals surface area contributed by atoms with Gasteiger partial charge in [0.2, 0.25) is 0 Å². The van der Waals surface area contributed by atoms with Gasteiger partial charge in [-0.05, 0) is 35.9 Å². The minimum Gasteiger partial charge on any atom is -0.486 e. The zero-order valence-corrected chi connectivity index (χ0v) is 11.2. The summed E-state index contributed by atoms with van der Waals surface area (Å²) < 4.78 is 24.6. The molecule has 2 aromatic rings. The number of fused-ring (bicyclic) bond motifs is 1. The molecule has 3 nitrogen and oxygen atoms in total. The van der Waals surface area contributed by atoms with E-state index in [1.165, 1.54) is 18.2 Å². The van der Waals surface area contributed by atoms with Crippen LogP contribution in [-0.2, 0) is 0 Å². The van der Waals surface area contributed by atoms with Crippen molar-refractivity contribution in [2.45, 2.75) is 6.10 Å². The van der Waals surface area contributed by atoms with E-state index >= 15 is 0 Å². The van der Waals surface area contributed by atoms with Gasteiger partial charge in [-0.25, -0.2) is 4.39 Å². The molecule has 1 N–H and O–H groups in total. The molecule has 0 spiro atoms. The maximum absolute atomic E-state index is 13.8. The number of aliphatic hydroxyl groups is 1. The summed E-state index contributed by atoms with van der Waals surface area (Å²) in [6.45, 7) is 0.954. The Labute approximate surface area is 120 Å². The van der Waals surface area contributed by atoms with Crippen molar-refractivity contribution in [3.05, 3.63) is 58.4 Å². The Morgan fingerprint density at radius 2 is 1.80 bits per heavy atom. The molecule has 0 amide bonds. The molecule has 1 aliphatic heterocycles. The molecule has 1 unspecified atom stereocenters. The van der Waals surface area contributed by atoms with Crippen LogP contribution in [0.25, 0.3) is 0 Å². The highest BCUT2D eigenvalue weighted by Crippen LogP contribution is 2.35. The SMILES string of the molecule is OC(c1ccc2c(c1)OCCO2)c1cc(Cl)ccc1F. The van der Waals surface area contributed by atoms with Gasteiger partial charge in [0.05, 0.1) is 0 Å². The molecule has 20 heavy (non-hydrogen) atoms. The molecule has 2 aromatic carbocycles. The lowest BCUT2D eigenvalue weighted by Crippen LogP contribution is -2.15. The largest absolute Gasteiger partial charge is 0.486 e. The monoisotopic (exact) mass is 294 g/mol. The van der Waals surface area contributed by atoms with Gasteiger partial charge in [0, 0.05) is 10.6 Å². The second-order valence-corrected chi connectivity index (χ2v) is 4.91. The van der Waals surface area contributed by atoms with Crippen molar-refractivity contribution >= 4 is 11.6 Å². The van der Waals surface area contributed by atoms with Crippen LogP contribution in [0.5, 0.6) is 11.5 Å². The van der Waals surface area contributed by atoms with Gasteiger partial charge >= 0.3 is 0 Å². The van der Waals surface area contributed by atoms with E-state index in [0.717, 1.165) is 0 Å². The van der Waals surface area contributed by atoms with Crippen molar-refractivity contribution in [3.8, 4) is 11.5 Å². The van der Waals surface area contributed by atoms with E-state index in [0.29, 0.717) is 35.3 Å². The maximum Gasteiger partial charge on any atom is 0.161 e. The van der Waals surface area contributed by atoms with Crippen molar-refractivity contribution in [2.75, 3.05) is 13.2 Å². The van der Waals surface area contributed by atoms with Crippen LogP contribution in [0.4, 0.5) is 4.39 Å². The van der Waals surface area contributed by atoms with E-state index < -0.39 is 11.9 Å². The number of hydrogen-bond acceptors (Lipinski definition) is 3. The number of rotatable bonds is 2. The third-order valence-electron chi connectivity index (χ3n) is 3.13. The van der Waals surface area contributed by atoms with Gasteiger partial charge in [-0.3, -0.25) is 0 Å². The van der Waals surface area contributed by atoms with Crippen LogP contribution >= 0.6 is 11.6 Å². The van der Waals surface area contributed by atoms with E-state index in [9.17, 15) is 9.50 Å². The highest BCUT2D eigenvalue weighted by atomic mass is 35.5. The number of benzene rings is 2. The van der Waals surface area contributed by atoms with E-state index in [2.05, 4.69) is 0 Å². The van der Waals surface area contributed by atoms with Crippen LogP contribution in [0.3, 0.4) is 0 Å². The Kier molecular flexibility index (Phi) is 3.51. The Morgan fingerprint density at radius 3 is 2.60 bits per heavy atom. The molecule has 0 saturated heterocycles. The van der Waals surface area contributed by atoms with E-state index in [1.807, 2.05) is 0 Å². The molecule has 104 valence electrons. The summed E-state index contributed by atoms with van der Waals surface area (Å²) in [7, 11) is 0. The Morgan fingerprint density at radius 1 is 1.05 bits per heavy atom. The van der Waals surface area contributed by atoms with Crippen molar-refractivity contribution in [1.82, 2.24) is 0 Å². The lowest BCUT2D eigenvalue weighted by atomic mass is 10.0. The molecule has 0 fully saturated rings. The molecule has 5 heteroatoms. The summed E-state index contributed by atoms with van der Waals surface area (Å²) in [5.41, 5.74) is 0.657. The van der Waals surface area contributed by atoms with Gasteiger partial charge in [-0.2, -0.15) is 0 Å². The fourth-order valence-corrected chi connectivity index (χ4v) is 2.31. The second-order valence-electron chi connectivity index (χ2n) is 4.47. The average Bonchev–Trinajstić information content (AvgIpc) is 2.48. The molecule has 0 aromatic heterocycles. The summed E-state index contributed by atoms with van der Waals surface area (Å²) in [6.07, 6.45) is -1.11. The van der Waals surface area contributed by atoms with Crippen molar-refractivity contribution in [1.29, 1.82) is 0 Å². The first kappa shape index (κ1) is 13.2. The molecule has 0 bridgehead atoms. The highest BCUT2D eigenvalue weighted by Gasteiger charge is 2.19. The fraction of sp³-hybridized carbons (Fsp3) is 0.200. The third kappa shape index (κ3) is 2.44. The Hall–Kier alpha value is -1.78. The number of aliphatic hydroxyl groups excluding tert-OH is 1. The first-order valence-corrected chi connectivity index (χ1v) is 6.55. The standard InChI is InChI=1S/C15H12ClFO3/c16-10-2-3-12(17)11(8-10)15(18)9-1-4-13-14(7-9)20-6-5-19-13/h1-4,7-8,15,18H,5-6H2. The van der Waals surface area contributed by atoms with E-state index in [-0.39, 0.29) is 5.56 Å². The minimum atomic E-state index is -1.11. The zero-order chi connectivity index (χ0) is 14.1. The molecular formula is C15H12ClFO3. The van der Waals surface area contributed by atoms with Crippen molar-refractivity contribution < 1.29 is 19.0 Å². The molecule has 0 radical (unpaired) electrons. The fourth-order valence-electron chi connectivity index (χ4n) is 2.13. The molecule has 1 atom stereocenters. The molecular weight excluding hydrogens is 283 g/mol. The highest BCUT2D eigenvalue weighted by molar-refractivity contribution is 6.30. The van der Waals surface area contributed by atoms with Gasteiger partial charge in [-0.15, -0.1) is 0 Å². The number of hydrogen-bond donors (Lipinski definition) is 1. The quantitative estimate of drug-likeness (QED) is 0.923. The number of ether oxygens (including phenoxy) is 2. The van der Waals surface area contributed by atoms with Gasteiger partial charge in [0.25, 0.3) is 0 Å². The summed E-state index contributed by atoms with van der Waals surface area (Å²) in [5.74, 6) is 0.672. The van der Waals surface area contributed by atoms with Crippen LogP contribution in [0.15, 0.2) is 36.4 Å². The topological polar surface area (TPSA) is 38.7 Å². The van der Waals surface area contributed by atoms with Gasteiger partial charge in [0.1, 0.15) is 25.1 Å². The summed E-state index contributed by atoms with van der Waals surface area (Å²) in [5, 5.41) is 10.7. The van der Waals surface area contributed by atoms with Crippen LogP contribution in [0.2, 0.25) is 5.02 Å². The van der Waals surface area contributed by atoms with Crippen LogP contribution in [0.1, 0.15) is 17.2 Å². The van der Waals surface area contributed by atoms with E-state index in [4.69, 9.17) is 21.1 Å². The molecule has 0 saturated carbocycles. The van der Waals surface area contributed by atoms with Crippen molar-refractivity contribution in [3.63, 3.8) is 0 Å². The molecule has 0 aliphatic carbocycles. The predicted octanol–water partition coefficient (Wildman–Crippen LogP) is 3.33. The zero-order valence-electron chi connectivity index (χ0n) is 10.5. The number of halogens is 2. The average molecular weight is 295 g/mol.